The van der Waals surface area contributed by atoms with Crippen molar-refractivity contribution < 1.29 is 9.31 Å². The number of nitrogens with one attached hydrogen (secondary N) is 1. The van der Waals surface area contributed by atoms with Gasteiger partial charge in [-0.2, -0.15) is 0 Å². The summed E-state index contributed by atoms with van der Waals surface area (Å²) >= 11 is 0. The quantitative estimate of drug-likeness (QED) is 0.658. The van der Waals surface area contributed by atoms with E-state index in [4.69, 9.17) is 0 Å². The Morgan fingerprint density at radius 2 is 2.00 bits per heavy atom. The van der Waals surface area contributed by atoms with Crippen molar-refractivity contribution in [1.82, 2.24) is 15.1 Å². The Balaban J connectivity index is 1.55. The number of nitrogens with zero attached hydrogens (tertiary/aromatic N) is 3. The van der Waals surface area contributed by atoms with Crippen molar-refractivity contribution in [3.8, 4) is 0 Å². The molecular formula is C14H19FN4O2. The zero-order valence-electron chi connectivity index (χ0n) is 11.8. The Kier molecular flexibility index (Phi) is 4.14. The monoisotopic (exact) mass is 294 g/mol. The van der Waals surface area contributed by atoms with Crippen molar-refractivity contribution in [3.63, 3.8) is 0 Å². The van der Waals surface area contributed by atoms with Gasteiger partial charge in [0, 0.05) is 57.9 Å². The minimum atomic E-state index is -0.549. The molecule has 7 heteroatoms. The first-order valence-electron chi connectivity index (χ1n) is 7.23. The highest BCUT2D eigenvalue weighted by Crippen LogP contribution is 2.22. The van der Waals surface area contributed by atoms with Crippen molar-refractivity contribution in [2.24, 2.45) is 0 Å². The molecule has 0 spiro atoms. The van der Waals surface area contributed by atoms with Crippen LogP contribution in [0.4, 0.5) is 10.1 Å². The smallest absolute Gasteiger partial charge is 0.272 e. The van der Waals surface area contributed by atoms with Crippen molar-refractivity contribution in [1.29, 1.82) is 0 Å². The normalized spacial score (nSPS) is 21.2. The van der Waals surface area contributed by atoms with Gasteiger partial charge in [0.1, 0.15) is 5.82 Å². The second kappa shape index (κ2) is 6.05. The molecule has 1 aromatic rings. The molecule has 2 fully saturated rings. The molecule has 2 aliphatic heterocycles. The molecule has 0 aliphatic carbocycles. The van der Waals surface area contributed by atoms with Crippen molar-refractivity contribution in [2.45, 2.75) is 12.6 Å². The van der Waals surface area contributed by atoms with E-state index in [9.17, 15) is 14.5 Å². The fraction of sp³-hybridized carbons (Fsp3) is 0.571. The summed E-state index contributed by atoms with van der Waals surface area (Å²) in [5, 5.41) is 14.1. The molecule has 0 bridgehead atoms. The third-order valence-electron chi connectivity index (χ3n) is 4.17. The number of hydrogen-bond donors (Lipinski definition) is 1. The number of halogens is 1. The number of hydrogen-bond acceptors (Lipinski definition) is 5. The Hall–Kier alpha value is -1.57. The van der Waals surface area contributed by atoms with Gasteiger partial charge in [-0.3, -0.25) is 19.9 Å². The van der Waals surface area contributed by atoms with E-state index in [1.54, 1.807) is 0 Å². The summed E-state index contributed by atoms with van der Waals surface area (Å²) in [6.07, 6.45) is 0. The summed E-state index contributed by atoms with van der Waals surface area (Å²) in [7, 11) is 0. The molecule has 6 nitrogen and oxygen atoms in total. The molecular weight excluding hydrogens is 275 g/mol. The maximum atomic E-state index is 13.4. The van der Waals surface area contributed by atoms with E-state index in [1.807, 2.05) is 0 Å². The van der Waals surface area contributed by atoms with Gasteiger partial charge in [-0.25, -0.2) is 4.39 Å². The number of piperazine rings is 1. The average molecular weight is 294 g/mol. The Morgan fingerprint density at radius 1 is 1.29 bits per heavy atom. The van der Waals surface area contributed by atoms with E-state index >= 15 is 0 Å². The van der Waals surface area contributed by atoms with Crippen LogP contribution in [0.15, 0.2) is 18.2 Å². The van der Waals surface area contributed by atoms with Gasteiger partial charge in [0.05, 0.1) is 11.0 Å². The van der Waals surface area contributed by atoms with E-state index in [0.717, 1.165) is 45.3 Å². The van der Waals surface area contributed by atoms with Crippen LogP contribution in [0.3, 0.4) is 0 Å². The van der Waals surface area contributed by atoms with Gasteiger partial charge in [-0.1, -0.05) is 0 Å². The average Bonchev–Trinajstić information content (AvgIpc) is 2.42. The molecule has 1 N–H and O–H groups in total. The predicted octanol–water partition coefficient (Wildman–Crippen LogP) is 0.823. The molecule has 0 aromatic heterocycles. The largest absolute Gasteiger partial charge is 0.314 e. The van der Waals surface area contributed by atoms with E-state index in [2.05, 4.69) is 15.1 Å². The molecule has 2 saturated heterocycles. The molecule has 0 atom stereocenters. The topological polar surface area (TPSA) is 61.7 Å². The maximum absolute atomic E-state index is 13.4. The predicted molar refractivity (Wildman–Crippen MR) is 76.6 cm³/mol. The van der Waals surface area contributed by atoms with Gasteiger partial charge in [0.2, 0.25) is 0 Å². The van der Waals surface area contributed by atoms with Crippen molar-refractivity contribution in [2.75, 3.05) is 39.3 Å². The molecule has 2 aliphatic rings. The molecule has 2 heterocycles. The van der Waals surface area contributed by atoms with E-state index in [0.29, 0.717) is 18.2 Å². The Labute approximate surface area is 122 Å². The second-order valence-corrected chi connectivity index (χ2v) is 5.71. The number of nitro benzene ring substituents is 1. The molecule has 114 valence electrons. The first-order valence-corrected chi connectivity index (χ1v) is 7.23. The van der Waals surface area contributed by atoms with Gasteiger partial charge in [0.15, 0.2) is 0 Å². The van der Waals surface area contributed by atoms with Crippen LogP contribution >= 0.6 is 0 Å². The van der Waals surface area contributed by atoms with Gasteiger partial charge in [-0.05, 0) is 11.6 Å². The number of rotatable bonds is 4. The highest BCUT2D eigenvalue weighted by Gasteiger charge is 2.32. The highest BCUT2D eigenvalue weighted by molar-refractivity contribution is 5.35. The van der Waals surface area contributed by atoms with Crippen LogP contribution in [0, 0.1) is 15.9 Å². The first-order chi connectivity index (χ1) is 10.1. The van der Waals surface area contributed by atoms with Crippen LogP contribution in [0.1, 0.15) is 5.56 Å². The van der Waals surface area contributed by atoms with Gasteiger partial charge >= 0.3 is 0 Å². The van der Waals surface area contributed by atoms with Crippen LogP contribution in [-0.2, 0) is 6.54 Å². The number of benzene rings is 1. The molecule has 3 rings (SSSR count). The van der Waals surface area contributed by atoms with Gasteiger partial charge in [-0.15, -0.1) is 0 Å². The van der Waals surface area contributed by atoms with Crippen LogP contribution in [0.2, 0.25) is 0 Å². The third kappa shape index (κ3) is 3.37. The minimum Gasteiger partial charge on any atom is -0.314 e. The summed E-state index contributed by atoms with van der Waals surface area (Å²) in [5.74, 6) is -0.543. The molecule has 0 unspecified atom stereocenters. The maximum Gasteiger partial charge on any atom is 0.272 e. The lowest BCUT2D eigenvalue weighted by atomic mass is 10.0. The SMILES string of the molecule is O=[N+]([O-])c1cc(F)cc(CN2CC(N3CCNCC3)C2)c1. The number of non-ortho nitro benzene ring substituents is 1. The van der Waals surface area contributed by atoms with Gasteiger partial charge < -0.3 is 5.32 Å². The van der Waals surface area contributed by atoms with Crippen LogP contribution in [0.25, 0.3) is 0 Å². The summed E-state index contributed by atoms with van der Waals surface area (Å²) in [5.41, 5.74) is 0.490. The fourth-order valence-electron chi connectivity index (χ4n) is 3.04. The van der Waals surface area contributed by atoms with Crippen LogP contribution in [0.5, 0.6) is 0 Å². The summed E-state index contributed by atoms with van der Waals surface area (Å²) in [6, 6.07) is 4.37. The molecule has 0 amide bonds. The standard InChI is InChI=1S/C14H19FN4O2/c15-12-5-11(6-13(7-12)19(20)21)8-17-9-14(10-17)18-3-1-16-2-4-18/h5-7,14,16H,1-4,8-10H2. The highest BCUT2D eigenvalue weighted by atomic mass is 19.1. The van der Waals surface area contributed by atoms with E-state index in [-0.39, 0.29) is 5.69 Å². The zero-order valence-corrected chi connectivity index (χ0v) is 11.8. The van der Waals surface area contributed by atoms with Crippen molar-refractivity contribution in [3.05, 3.63) is 39.7 Å². The third-order valence-corrected chi connectivity index (χ3v) is 4.17. The Morgan fingerprint density at radius 3 is 2.67 bits per heavy atom. The molecule has 0 radical (unpaired) electrons. The van der Waals surface area contributed by atoms with Gasteiger partial charge in [0.25, 0.3) is 5.69 Å². The minimum absolute atomic E-state index is 0.177. The lowest BCUT2D eigenvalue weighted by molar-refractivity contribution is -0.385. The summed E-state index contributed by atoms with van der Waals surface area (Å²) in [4.78, 5) is 14.9. The van der Waals surface area contributed by atoms with E-state index < -0.39 is 10.7 Å². The lowest BCUT2D eigenvalue weighted by Gasteiger charge is -2.46. The van der Waals surface area contributed by atoms with Crippen LogP contribution < -0.4 is 5.32 Å². The summed E-state index contributed by atoms with van der Waals surface area (Å²) < 4.78 is 13.4. The molecule has 21 heavy (non-hydrogen) atoms. The molecule has 1 aromatic carbocycles. The first kappa shape index (κ1) is 14.4. The van der Waals surface area contributed by atoms with E-state index in [1.165, 1.54) is 12.1 Å². The fourth-order valence-corrected chi connectivity index (χ4v) is 3.04. The number of nitro groups is 1. The Bertz CT molecular complexity index is 528. The van der Waals surface area contributed by atoms with Crippen molar-refractivity contribution >= 4 is 5.69 Å². The molecule has 0 saturated carbocycles. The summed E-state index contributed by atoms with van der Waals surface area (Å²) in [6.45, 7) is 6.68. The number of likely N-dealkylation sites (tertiary alicyclic amines) is 1. The zero-order chi connectivity index (χ0) is 14.8. The second-order valence-electron chi connectivity index (χ2n) is 5.71. The van der Waals surface area contributed by atoms with Crippen LogP contribution in [-0.4, -0.2) is 60.0 Å². The lowest BCUT2D eigenvalue weighted by Crippen LogP contribution is -2.62.